The van der Waals surface area contributed by atoms with Crippen LogP contribution in [0.2, 0.25) is 0 Å². The molecule has 2 aromatic rings. The Hall–Kier alpha value is -2.39. The number of rotatable bonds is 3. The maximum atomic E-state index is 12.1. The molecule has 0 saturated carbocycles. The maximum Gasteiger partial charge on any atom is 0.340 e. The van der Waals surface area contributed by atoms with E-state index < -0.39 is 10.1 Å². The van der Waals surface area contributed by atoms with Crippen molar-refractivity contribution in [2.24, 2.45) is 0 Å². The monoisotopic (exact) mass is 288 g/mol. The summed E-state index contributed by atoms with van der Waals surface area (Å²) < 4.78 is 29.2. The number of nitrogens with zero attached hydrogens (tertiary/aromatic N) is 2. The lowest BCUT2D eigenvalue weighted by Crippen LogP contribution is -2.12. The lowest BCUT2D eigenvalue weighted by Gasteiger charge is -2.08. The van der Waals surface area contributed by atoms with E-state index in [0.717, 1.165) is 5.56 Å². The van der Waals surface area contributed by atoms with Crippen LogP contribution in [0.25, 0.3) is 0 Å². The fraction of sp³-hybridized carbons (Fsp3) is 0.143. The first-order valence-corrected chi connectivity index (χ1v) is 7.22. The van der Waals surface area contributed by atoms with E-state index in [0.29, 0.717) is 5.69 Å². The predicted octanol–water partition coefficient (Wildman–Crippen LogP) is 2.34. The Balaban J connectivity index is 2.41. The van der Waals surface area contributed by atoms with Crippen molar-refractivity contribution in [3.63, 3.8) is 0 Å². The molecule has 0 aliphatic heterocycles. The van der Waals surface area contributed by atoms with Gasteiger partial charge in [-0.25, -0.2) is 4.98 Å². The predicted molar refractivity (Wildman–Crippen MR) is 72.7 cm³/mol. The quantitative estimate of drug-likeness (QED) is 0.810. The van der Waals surface area contributed by atoms with Crippen LogP contribution in [-0.4, -0.2) is 13.4 Å². The Morgan fingerprint density at radius 1 is 1.10 bits per heavy atom. The third-order valence-corrected chi connectivity index (χ3v) is 3.85. The molecule has 1 aromatic carbocycles. The van der Waals surface area contributed by atoms with Crippen molar-refractivity contribution < 1.29 is 12.6 Å². The molecule has 5 nitrogen and oxygen atoms in total. The highest BCUT2D eigenvalue weighted by molar-refractivity contribution is 7.87. The topological polar surface area (TPSA) is 80.1 Å². The fourth-order valence-corrected chi connectivity index (χ4v) is 2.44. The van der Waals surface area contributed by atoms with Crippen LogP contribution in [0.1, 0.15) is 16.8 Å². The summed E-state index contributed by atoms with van der Waals surface area (Å²) in [5.74, 6) is -0.201. The minimum absolute atomic E-state index is 0.0234. The van der Waals surface area contributed by atoms with E-state index in [2.05, 4.69) is 4.98 Å². The van der Waals surface area contributed by atoms with Crippen LogP contribution in [0, 0.1) is 25.2 Å². The largest absolute Gasteiger partial charge is 0.357 e. The molecule has 0 unspecified atom stereocenters. The third-order valence-electron chi connectivity index (χ3n) is 2.62. The second-order valence-electron chi connectivity index (χ2n) is 4.27. The summed E-state index contributed by atoms with van der Waals surface area (Å²) >= 11 is 0. The Kier molecular flexibility index (Phi) is 3.72. The summed E-state index contributed by atoms with van der Waals surface area (Å²) in [5.41, 5.74) is 1.58. The van der Waals surface area contributed by atoms with E-state index in [4.69, 9.17) is 9.44 Å². The number of hydrogen-bond donors (Lipinski definition) is 0. The van der Waals surface area contributed by atoms with Crippen molar-refractivity contribution in [2.75, 3.05) is 0 Å². The van der Waals surface area contributed by atoms with Crippen LogP contribution in [0.4, 0.5) is 0 Å². The van der Waals surface area contributed by atoms with Crippen LogP contribution >= 0.6 is 0 Å². The lowest BCUT2D eigenvalue weighted by atomic mass is 10.2. The van der Waals surface area contributed by atoms with Gasteiger partial charge in [0.1, 0.15) is 16.5 Å². The van der Waals surface area contributed by atoms with E-state index in [1.165, 1.54) is 18.2 Å². The van der Waals surface area contributed by atoms with Gasteiger partial charge in [-0.2, -0.15) is 13.7 Å². The Labute approximate surface area is 117 Å². The minimum atomic E-state index is -3.99. The van der Waals surface area contributed by atoms with Gasteiger partial charge in [0.15, 0.2) is 0 Å². The first-order valence-electron chi connectivity index (χ1n) is 5.81. The van der Waals surface area contributed by atoms with Crippen molar-refractivity contribution in [3.8, 4) is 11.9 Å². The number of aromatic nitrogens is 1. The highest BCUT2D eigenvalue weighted by Gasteiger charge is 2.19. The van der Waals surface area contributed by atoms with Gasteiger partial charge >= 0.3 is 10.1 Å². The van der Waals surface area contributed by atoms with Gasteiger partial charge in [0.25, 0.3) is 5.88 Å². The molecular formula is C14H12N2O3S. The fourth-order valence-electron chi connectivity index (χ4n) is 1.54. The first kappa shape index (κ1) is 14.0. The highest BCUT2D eigenvalue weighted by atomic mass is 32.2. The van der Waals surface area contributed by atoms with Crippen LogP contribution in [0.3, 0.4) is 0 Å². The van der Waals surface area contributed by atoms with Gasteiger partial charge in [-0.05, 0) is 38.1 Å². The molecule has 20 heavy (non-hydrogen) atoms. The molecule has 0 amide bonds. The number of benzene rings is 1. The van der Waals surface area contributed by atoms with E-state index in [1.807, 2.05) is 13.0 Å². The molecule has 0 radical (unpaired) electrons. The SMILES string of the molecule is Cc1ccc(S(=O)(=O)Oc2nc(C)ccc2C#N)cc1. The molecule has 0 saturated heterocycles. The molecule has 0 bridgehead atoms. The summed E-state index contributed by atoms with van der Waals surface area (Å²) in [6, 6.07) is 11.2. The normalized spacial score (nSPS) is 10.8. The van der Waals surface area contributed by atoms with Gasteiger partial charge in [0.2, 0.25) is 0 Å². The zero-order chi connectivity index (χ0) is 14.8. The summed E-state index contributed by atoms with van der Waals surface area (Å²) in [5, 5.41) is 8.95. The van der Waals surface area contributed by atoms with Gasteiger partial charge in [-0.15, -0.1) is 0 Å². The van der Waals surface area contributed by atoms with Crippen molar-refractivity contribution in [2.45, 2.75) is 18.7 Å². The Morgan fingerprint density at radius 2 is 1.75 bits per heavy atom. The minimum Gasteiger partial charge on any atom is -0.357 e. The van der Waals surface area contributed by atoms with Crippen LogP contribution in [0.5, 0.6) is 5.88 Å². The molecule has 0 spiro atoms. The lowest BCUT2D eigenvalue weighted by molar-refractivity contribution is 0.474. The van der Waals surface area contributed by atoms with Gasteiger partial charge in [0, 0.05) is 5.69 Å². The second kappa shape index (κ2) is 5.31. The number of aryl methyl sites for hydroxylation is 2. The average molecular weight is 288 g/mol. The van der Waals surface area contributed by atoms with E-state index >= 15 is 0 Å². The first-order chi connectivity index (χ1) is 9.42. The standard InChI is InChI=1S/C14H12N2O3S/c1-10-3-7-13(8-4-10)20(17,18)19-14-12(9-15)6-5-11(2)16-14/h3-8H,1-2H3. The van der Waals surface area contributed by atoms with Gasteiger partial charge < -0.3 is 4.18 Å². The summed E-state index contributed by atoms with van der Waals surface area (Å²) in [6.07, 6.45) is 0. The Morgan fingerprint density at radius 3 is 2.35 bits per heavy atom. The van der Waals surface area contributed by atoms with Crippen molar-refractivity contribution >= 4 is 10.1 Å². The molecule has 0 aliphatic rings. The molecular weight excluding hydrogens is 276 g/mol. The molecule has 0 aliphatic carbocycles. The molecule has 0 atom stereocenters. The molecule has 0 fully saturated rings. The van der Waals surface area contributed by atoms with E-state index in [-0.39, 0.29) is 16.3 Å². The molecule has 1 aromatic heterocycles. The van der Waals surface area contributed by atoms with E-state index in [1.54, 1.807) is 25.1 Å². The van der Waals surface area contributed by atoms with Crippen molar-refractivity contribution in [1.82, 2.24) is 4.98 Å². The van der Waals surface area contributed by atoms with Crippen LogP contribution < -0.4 is 4.18 Å². The zero-order valence-electron chi connectivity index (χ0n) is 11.0. The molecule has 0 N–H and O–H groups in total. The van der Waals surface area contributed by atoms with E-state index in [9.17, 15) is 8.42 Å². The highest BCUT2D eigenvalue weighted by Crippen LogP contribution is 2.21. The third kappa shape index (κ3) is 2.95. The van der Waals surface area contributed by atoms with Gasteiger partial charge in [-0.1, -0.05) is 17.7 Å². The zero-order valence-corrected chi connectivity index (χ0v) is 11.8. The van der Waals surface area contributed by atoms with Crippen LogP contribution in [0.15, 0.2) is 41.3 Å². The number of pyridine rings is 1. The van der Waals surface area contributed by atoms with Crippen molar-refractivity contribution in [3.05, 3.63) is 53.2 Å². The molecule has 1 heterocycles. The second-order valence-corrected chi connectivity index (χ2v) is 5.81. The molecule has 102 valence electrons. The van der Waals surface area contributed by atoms with Gasteiger partial charge in [-0.3, -0.25) is 0 Å². The summed E-state index contributed by atoms with van der Waals surface area (Å²) in [6.45, 7) is 3.54. The summed E-state index contributed by atoms with van der Waals surface area (Å²) in [4.78, 5) is 3.97. The van der Waals surface area contributed by atoms with Crippen LogP contribution in [-0.2, 0) is 10.1 Å². The maximum absolute atomic E-state index is 12.1. The molecule has 2 rings (SSSR count). The molecule has 6 heteroatoms. The average Bonchev–Trinajstić information content (AvgIpc) is 2.39. The number of nitriles is 1. The summed E-state index contributed by atoms with van der Waals surface area (Å²) in [7, 11) is -3.99. The number of hydrogen-bond acceptors (Lipinski definition) is 5. The smallest absolute Gasteiger partial charge is 0.340 e. The van der Waals surface area contributed by atoms with Gasteiger partial charge in [0.05, 0.1) is 0 Å². The van der Waals surface area contributed by atoms with Crippen molar-refractivity contribution in [1.29, 1.82) is 5.26 Å². The Bertz CT molecular complexity index is 775.